The van der Waals surface area contributed by atoms with Gasteiger partial charge in [-0.2, -0.15) is 0 Å². The van der Waals surface area contributed by atoms with Gasteiger partial charge in [-0.15, -0.1) is 0 Å². The quantitative estimate of drug-likeness (QED) is 0.607. The molecule has 0 atom stereocenters. The fraction of sp³-hybridized carbons (Fsp3) is 0. The number of nitroso groups, excluding NO2 is 2. The van der Waals surface area contributed by atoms with Gasteiger partial charge < -0.3 is 21.0 Å². The van der Waals surface area contributed by atoms with Crippen LogP contribution in [-0.4, -0.2) is 0 Å². The largest absolute Gasteiger partial charge is 0.577 e. The summed E-state index contributed by atoms with van der Waals surface area (Å²) in [6, 6.07) is 0. The molecule has 0 bridgehead atoms. The van der Waals surface area contributed by atoms with E-state index in [0.717, 1.165) is 0 Å². The van der Waals surface area contributed by atoms with E-state index >= 15 is 0 Å². The first-order valence-electron chi connectivity index (χ1n) is 0.491. The van der Waals surface area contributed by atoms with Gasteiger partial charge in [0, 0.05) is 0 Å². The summed E-state index contributed by atoms with van der Waals surface area (Å²) in [6.07, 6.45) is 0. The van der Waals surface area contributed by atoms with Crippen molar-refractivity contribution in [2.75, 3.05) is 0 Å². The molecule has 0 heterocycles. The molecule has 0 aromatic carbocycles. The predicted octanol–water partition coefficient (Wildman–Crippen LogP) is 1.53. The average molecular weight is 246 g/mol. The van der Waals surface area contributed by atoms with E-state index in [1.54, 1.807) is 0 Å². The molecular weight excluding hydrogens is 246 g/mol. The van der Waals surface area contributed by atoms with Gasteiger partial charge in [-0.25, -0.2) is 0 Å². The first-order valence-corrected chi connectivity index (χ1v) is 3.85. The van der Waals surface area contributed by atoms with Gasteiger partial charge in [-0.1, -0.05) is 0 Å². The Morgan fingerprint density at radius 3 is 1.00 bits per heavy atom. The minimum atomic E-state index is 1.84. The molecule has 0 spiro atoms. The van der Waals surface area contributed by atoms with Crippen molar-refractivity contribution >= 4 is 20.4 Å². The standard InChI is InChI=1S/Co.HI.2NO/c;;2*1-2/h;1H;;/q+3;;2*-1/p-1. The van der Waals surface area contributed by atoms with Crippen molar-refractivity contribution < 1.29 is 12.5 Å². The van der Waals surface area contributed by atoms with Crippen molar-refractivity contribution in [2.45, 2.75) is 0 Å². The predicted molar refractivity (Wildman–Crippen MR) is 27.5 cm³/mol. The molecule has 0 saturated heterocycles. The molecule has 0 amide bonds. The topological polar surface area (TPSA) is 78.7 Å². The molecule has 0 unspecified atom stereocenters. The third-order valence-corrected chi connectivity index (χ3v) is 0. The normalized spacial score (nSPS) is 2.33. The number of rotatable bonds is 0. The zero-order valence-corrected chi connectivity index (χ0v) is 5.62. The van der Waals surface area contributed by atoms with Crippen LogP contribution in [0.5, 0.6) is 0 Å². The van der Waals surface area contributed by atoms with Crippen LogP contribution in [0, 0.1) is 9.81 Å². The van der Waals surface area contributed by atoms with E-state index in [4.69, 9.17) is 21.0 Å². The Bertz CT molecular complexity index is 13.5. The van der Waals surface area contributed by atoms with E-state index in [2.05, 4.69) is 12.5 Å². The molecule has 0 aromatic rings. The van der Waals surface area contributed by atoms with E-state index < -0.39 is 0 Å². The molecule has 0 N–H and O–H groups in total. The third-order valence-electron chi connectivity index (χ3n) is 0. The van der Waals surface area contributed by atoms with Gasteiger partial charge in [0.15, 0.2) is 0 Å². The molecule has 0 aliphatic carbocycles. The van der Waals surface area contributed by atoms with Crippen LogP contribution < -0.4 is 0 Å². The van der Waals surface area contributed by atoms with Crippen LogP contribution in [0.2, 0.25) is 0 Å². The summed E-state index contributed by atoms with van der Waals surface area (Å²) in [5.74, 6) is 0. The van der Waals surface area contributed by atoms with Crippen molar-refractivity contribution in [3.8, 4) is 0 Å². The smallest absolute Gasteiger partial charge is 0.423 e. The maximum Gasteiger partial charge on any atom is -0.423 e. The third kappa shape index (κ3) is 275. The molecule has 0 rings (SSSR count). The molecule has 38 valence electrons. The van der Waals surface area contributed by atoms with Gasteiger partial charge in [0.25, 0.3) is 0 Å². The fourth-order valence-corrected chi connectivity index (χ4v) is 0. The minimum absolute atomic E-state index is 1.84. The molecule has 0 saturated carbocycles. The second-order valence-corrected chi connectivity index (χ2v) is 0. The van der Waals surface area contributed by atoms with Gasteiger partial charge in [-0.05, 0) is 0 Å². The summed E-state index contributed by atoms with van der Waals surface area (Å²) < 4.78 is 0. The van der Waals surface area contributed by atoms with Crippen molar-refractivity contribution in [3.63, 3.8) is 0 Å². The van der Waals surface area contributed by atoms with Gasteiger partial charge >= 0.3 is 32.9 Å². The number of nitrogens with zero attached hydrogens (tertiary/aromatic N) is 2. The molecule has 0 radical (unpaired) electrons. The van der Waals surface area contributed by atoms with E-state index in [-0.39, 0.29) is 0 Å². The van der Waals surface area contributed by atoms with Crippen LogP contribution in [0.3, 0.4) is 0 Å². The van der Waals surface area contributed by atoms with Crippen LogP contribution in [0.1, 0.15) is 0 Å². The van der Waals surface area contributed by atoms with Crippen molar-refractivity contribution in [1.29, 1.82) is 0 Å². The van der Waals surface area contributed by atoms with Gasteiger partial charge in [0.05, 0.1) is 0 Å². The summed E-state index contributed by atoms with van der Waals surface area (Å²) >= 11 is 5.37. The van der Waals surface area contributed by atoms with Crippen LogP contribution in [0.25, 0.3) is 11.2 Å². The SMILES string of the molecule is [Co+2][I].[N-]=O.[N-]=O. The maximum absolute atomic E-state index is 7.25. The Balaban J connectivity index is -0.0000000225. The Morgan fingerprint density at radius 1 is 1.00 bits per heavy atom. The van der Waals surface area contributed by atoms with E-state index in [1.165, 1.54) is 0 Å². The zero-order valence-electron chi connectivity index (χ0n) is 2.42. The van der Waals surface area contributed by atoms with Crippen molar-refractivity contribution in [2.24, 2.45) is 0 Å². The molecule has 0 aliphatic rings. The Morgan fingerprint density at radius 2 is 1.00 bits per heavy atom. The van der Waals surface area contributed by atoms with Crippen molar-refractivity contribution in [3.05, 3.63) is 21.0 Å². The Kier molecular flexibility index (Phi) is 1510. The Hall–Kier alpha value is 0.436. The number of hydrogen-bond donors (Lipinski definition) is 0. The Labute approximate surface area is 54.0 Å². The molecule has 0 aliphatic heterocycles. The van der Waals surface area contributed by atoms with Gasteiger partial charge in [-0.3, -0.25) is 0 Å². The van der Waals surface area contributed by atoms with Crippen LogP contribution in [0.15, 0.2) is 0 Å². The van der Waals surface area contributed by atoms with E-state index in [9.17, 15) is 0 Å². The second-order valence-electron chi connectivity index (χ2n) is 0. The number of halogens is 1. The maximum atomic E-state index is 7.25. The van der Waals surface area contributed by atoms with Gasteiger partial charge in [0.2, 0.25) is 0 Å². The fourth-order valence-electron chi connectivity index (χ4n) is 0. The van der Waals surface area contributed by atoms with Crippen LogP contribution in [0.4, 0.5) is 0 Å². The molecular formula is CoIN2O2. The van der Waals surface area contributed by atoms with Crippen LogP contribution >= 0.6 is 20.4 Å². The van der Waals surface area contributed by atoms with E-state index in [0.29, 0.717) is 0 Å². The summed E-state index contributed by atoms with van der Waals surface area (Å²) in [6.45, 7) is 0. The van der Waals surface area contributed by atoms with Crippen LogP contribution in [-0.2, 0) is 12.5 Å². The molecule has 4 nitrogen and oxygen atoms in total. The van der Waals surface area contributed by atoms with Crippen molar-refractivity contribution in [1.82, 2.24) is 0 Å². The summed E-state index contributed by atoms with van der Waals surface area (Å²) in [5.41, 5.74) is 11.5. The minimum Gasteiger partial charge on any atom is -0.577 e. The molecule has 6 heavy (non-hydrogen) atoms. The second kappa shape index (κ2) is 562. The monoisotopic (exact) mass is 246 g/mol. The first-order chi connectivity index (χ1) is 3.00. The summed E-state index contributed by atoms with van der Waals surface area (Å²) in [4.78, 5) is 14.5. The van der Waals surface area contributed by atoms with Gasteiger partial charge in [0.1, 0.15) is 0 Å². The summed E-state index contributed by atoms with van der Waals surface area (Å²) in [5, 5.41) is 0. The molecule has 6 heteroatoms. The van der Waals surface area contributed by atoms with E-state index in [1.807, 2.05) is 20.4 Å². The summed E-state index contributed by atoms with van der Waals surface area (Å²) in [7, 11) is 0. The first kappa shape index (κ1) is 16.1. The molecule has 0 aromatic heterocycles. The number of hydrogen-bond acceptors (Lipinski definition) is 2. The molecule has 0 fully saturated rings. The average Bonchev–Trinajstić information content (AvgIpc) is 1.81. The zero-order chi connectivity index (χ0) is 6.00.